The molecule has 4 heteroatoms. The second-order valence-corrected chi connectivity index (χ2v) is 7.55. The molecule has 25 heavy (non-hydrogen) atoms. The summed E-state index contributed by atoms with van der Waals surface area (Å²) in [6.45, 7) is 13.6. The molecule has 0 aliphatic heterocycles. The Morgan fingerprint density at radius 1 is 1.28 bits per heavy atom. The van der Waals surface area contributed by atoms with Crippen molar-refractivity contribution in [2.45, 2.75) is 34.6 Å². The van der Waals surface area contributed by atoms with Crippen molar-refractivity contribution >= 4 is 28.5 Å². The zero-order chi connectivity index (χ0) is 18.9. The van der Waals surface area contributed by atoms with Gasteiger partial charge < -0.3 is 4.42 Å². The number of halogens is 2. The number of benzene rings is 1. The molecule has 0 radical (unpaired) electrons. The van der Waals surface area contributed by atoms with Crippen LogP contribution in [0.4, 0.5) is 4.39 Å². The number of furan rings is 1. The highest BCUT2D eigenvalue weighted by Crippen LogP contribution is 2.39. The van der Waals surface area contributed by atoms with E-state index in [0.29, 0.717) is 22.7 Å². The molecule has 0 amide bonds. The average molecular weight is 361 g/mol. The molecule has 0 bridgehead atoms. The summed E-state index contributed by atoms with van der Waals surface area (Å²) >= 11 is 5.75. The van der Waals surface area contributed by atoms with Gasteiger partial charge in [-0.2, -0.15) is 0 Å². The number of hydrogen-bond acceptors (Lipinski definition) is 2. The van der Waals surface area contributed by atoms with Gasteiger partial charge in [0.1, 0.15) is 11.6 Å². The van der Waals surface area contributed by atoms with Crippen LogP contribution in [-0.2, 0) is 0 Å². The summed E-state index contributed by atoms with van der Waals surface area (Å²) in [7, 11) is 0. The molecule has 0 aliphatic rings. The van der Waals surface area contributed by atoms with Crippen LogP contribution in [0.5, 0.6) is 0 Å². The zero-order valence-corrected chi connectivity index (χ0v) is 15.9. The lowest BCUT2D eigenvalue weighted by Crippen LogP contribution is -2.09. The topological polar surface area (TPSA) is 30.2 Å². The van der Waals surface area contributed by atoms with Gasteiger partial charge in [0.05, 0.1) is 5.02 Å². The number of carbonyl (C=O) groups excluding carboxylic acids is 1. The predicted octanol–water partition coefficient (Wildman–Crippen LogP) is 6.73. The van der Waals surface area contributed by atoms with E-state index in [4.69, 9.17) is 16.0 Å². The van der Waals surface area contributed by atoms with Gasteiger partial charge >= 0.3 is 0 Å². The first kappa shape index (κ1) is 19.2. The summed E-state index contributed by atoms with van der Waals surface area (Å²) in [5, 5.41) is 0.0737. The second kappa shape index (κ2) is 7.01. The second-order valence-electron chi connectivity index (χ2n) is 7.14. The van der Waals surface area contributed by atoms with E-state index in [2.05, 4.69) is 6.58 Å². The fourth-order valence-corrected chi connectivity index (χ4v) is 2.62. The summed E-state index contributed by atoms with van der Waals surface area (Å²) in [5.41, 5.74) is 2.78. The third-order valence-corrected chi connectivity index (χ3v) is 4.23. The first-order valence-electron chi connectivity index (χ1n) is 7.99. The van der Waals surface area contributed by atoms with Gasteiger partial charge in [-0.1, -0.05) is 45.0 Å². The van der Waals surface area contributed by atoms with E-state index in [1.807, 2.05) is 33.8 Å². The molecule has 1 heterocycles. The minimum atomic E-state index is -0.487. The van der Waals surface area contributed by atoms with Crippen LogP contribution in [0.3, 0.4) is 0 Å². The fourth-order valence-electron chi connectivity index (χ4n) is 2.50. The van der Waals surface area contributed by atoms with E-state index in [0.717, 1.165) is 11.1 Å². The van der Waals surface area contributed by atoms with Crippen LogP contribution in [0, 0.1) is 18.2 Å². The Morgan fingerprint density at radius 2 is 1.92 bits per heavy atom. The van der Waals surface area contributed by atoms with Crippen molar-refractivity contribution in [1.29, 1.82) is 0 Å². The van der Waals surface area contributed by atoms with Gasteiger partial charge in [-0.25, -0.2) is 4.39 Å². The number of carbonyl (C=O) groups is 1. The predicted molar refractivity (Wildman–Crippen MR) is 101 cm³/mol. The SMILES string of the molecule is C=C(/C=C(\c1oc(C(C)=O)cc1C)C(C)(C)C)c1ccc(Cl)c(F)c1. The molecule has 1 aromatic heterocycles. The molecule has 2 nitrogen and oxygen atoms in total. The lowest BCUT2D eigenvalue weighted by Gasteiger charge is -2.23. The Kier molecular flexibility index (Phi) is 5.38. The van der Waals surface area contributed by atoms with Crippen LogP contribution < -0.4 is 0 Å². The van der Waals surface area contributed by atoms with E-state index in [1.54, 1.807) is 12.1 Å². The molecule has 0 aliphatic carbocycles. The third kappa shape index (κ3) is 4.29. The summed E-state index contributed by atoms with van der Waals surface area (Å²) < 4.78 is 19.5. The highest BCUT2D eigenvalue weighted by atomic mass is 35.5. The number of ketones is 1. The van der Waals surface area contributed by atoms with Crippen LogP contribution >= 0.6 is 11.6 Å². The number of Topliss-reactive ketones (excluding diaryl/α,β-unsaturated/α-hetero) is 1. The fraction of sp³-hybridized carbons (Fsp3) is 0.286. The maximum Gasteiger partial charge on any atom is 0.194 e. The van der Waals surface area contributed by atoms with Crippen molar-refractivity contribution in [3.63, 3.8) is 0 Å². The van der Waals surface area contributed by atoms with Crippen molar-refractivity contribution < 1.29 is 13.6 Å². The van der Waals surface area contributed by atoms with Crippen LogP contribution in [0.15, 0.2) is 41.3 Å². The highest BCUT2D eigenvalue weighted by molar-refractivity contribution is 6.30. The number of rotatable bonds is 4. The first-order valence-corrected chi connectivity index (χ1v) is 8.36. The smallest absolute Gasteiger partial charge is 0.194 e. The molecule has 0 atom stereocenters. The average Bonchev–Trinajstić information content (AvgIpc) is 2.88. The molecule has 0 saturated heterocycles. The largest absolute Gasteiger partial charge is 0.453 e. The van der Waals surface area contributed by atoms with Crippen molar-refractivity contribution in [2.24, 2.45) is 5.41 Å². The number of aryl methyl sites for hydroxylation is 1. The van der Waals surface area contributed by atoms with Gasteiger partial charge in [-0.3, -0.25) is 4.79 Å². The van der Waals surface area contributed by atoms with Gasteiger partial charge in [-0.15, -0.1) is 0 Å². The molecule has 1 aromatic carbocycles. The summed E-state index contributed by atoms with van der Waals surface area (Å²) in [6, 6.07) is 6.33. The lowest BCUT2D eigenvalue weighted by atomic mass is 9.82. The maximum atomic E-state index is 13.7. The van der Waals surface area contributed by atoms with Crippen LogP contribution in [0.25, 0.3) is 11.1 Å². The van der Waals surface area contributed by atoms with Gasteiger partial charge in [-0.05, 0) is 53.3 Å². The first-order chi connectivity index (χ1) is 11.5. The minimum absolute atomic E-state index is 0.0737. The molecule has 2 aromatic rings. The van der Waals surface area contributed by atoms with E-state index < -0.39 is 5.82 Å². The monoisotopic (exact) mass is 360 g/mol. The molecule has 0 unspecified atom stereocenters. The van der Waals surface area contributed by atoms with Crippen molar-refractivity contribution in [1.82, 2.24) is 0 Å². The Labute approximate surface area is 153 Å². The minimum Gasteiger partial charge on any atom is -0.453 e. The summed E-state index contributed by atoms with van der Waals surface area (Å²) in [4.78, 5) is 11.6. The van der Waals surface area contributed by atoms with Gasteiger partial charge in [0, 0.05) is 12.5 Å². The molecular formula is C21H22ClFO2. The molecular weight excluding hydrogens is 339 g/mol. The molecule has 0 fully saturated rings. The van der Waals surface area contributed by atoms with E-state index in [1.165, 1.54) is 19.1 Å². The number of allylic oxidation sites excluding steroid dienone is 3. The van der Waals surface area contributed by atoms with Crippen LogP contribution in [-0.4, -0.2) is 5.78 Å². The quantitative estimate of drug-likeness (QED) is 0.447. The highest BCUT2D eigenvalue weighted by Gasteiger charge is 2.25. The van der Waals surface area contributed by atoms with Crippen LogP contribution in [0.1, 0.15) is 55.1 Å². The summed E-state index contributed by atoms with van der Waals surface area (Å²) in [5.74, 6) is 0.361. The van der Waals surface area contributed by atoms with Crippen molar-refractivity contribution in [3.8, 4) is 0 Å². The van der Waals surface area contributed by atoms with E-state index in [9.17, 15) is 9.18 Å². The normalized spacial score (nSPS) is 12.4. The van der Waals surface area contributed by atoms with Gasteiger partial charge in [0.15, 0.2) is 11.5 Å². The lowest BCUT2D eigenvalue weighted by molar-refractivity contribution is 0.0986. The van der Waals surface area contributed by atoms with Gasteiger partial charge in [0.2, 0.25) is 0 Å². The van der Waals surface area contributed by atoms with E-state index in [-0.39, 0.29) is 16.2 Å². The van der Waals surface area contributed by atoms with Crippen LogP contribution in [0.2, 0.25) is 5.02 Å². The Hall–Kier alpha value is -2.13. The number of hydrogen-bond donors (Lipinski definition) is 0. The molecule has 0 N–H and O–H groups in total. The Bertz CT molecular complexity index is 867. The van der Waals surface area contributed by atoms with Crippen molar-refractivity contribution in [2.75, 3.05) is 0 Å². The third-order valence-electron chi connectivity index (χ3n) is 3.93. The molecule has 0 saturated carbocycles. The zero-order valence-electron chi connectivity index (χ0n) is 15.2. The maximum absolute atomic E-state index is 13.7. The van der Waals surface area contributed by atoms with E-state index >= 15 is 0 Å². The molecule has 132 valence electrons. The molecule has 2 rings (SSSR count). The Balaban J connectivity index is 2.54. The molecule has 0 spiro atoms. The van der Waals surface area contributed by atoms with Crippen molar-refractivity contribution in [3.05, 3.63) is 70.4 Å². The summed E-state index contributed by atoms with van der Waals surface area (Å²) in [6.07, 6.45) is 1.87. The van der Waals surface area contributed by atoms with Gasteiger partial charge in [0.25, 0.3) is 0 Å². The Morgan fingerprint density at radius 3 is 2.40 bits per heavy atom. The standard InChI is InChI=1S/C21H22ClFO2/c1-12(15-7-8-17(22)18(23)11-15)9-16(21(4,5)6)20-13(2)10-19(25-20)14(3)24/h7-11H,1H2,2-6H3/b16-9+.